The summed E-state index contributed by atoms with van der Waals surface area (Å²) in [5, 5.41) is 3.38. The van der Waals surface area contributed by atoms with Crippen LogP contribution in [0.1, 0.15) is 31.9 Å². The maximum atomic E-state index is 12.6. The van der Waals surface area contributed by atoms with E-state index in [2.05, 4.69) is 12.2 Å². The number of ether oxygens (including phenoxy) is 1. The van der Waals surface area contributed by atoms with E-state index < -0.39 is 0 Å². The molecule has 2 atom stereocenters. The van der Waals surface area contributed by atoms with Crippen molar-refractivity contribution >= 4 is 5.91 Å². The molecule has 0 saturated carbocycles. The van der Waals surface area contributed by atoms with Crippen molar-refractivity contribution in [2.75, 3.05) is 26.7 Å². The molecule has 0 bridgehead atoms. The summed E-state index contributed by atoms with van der Waals surface area (Å²) in [5.74, 6) is 1.17. The lowest BCUT2D eigenvalue weighted by molar-refractivity contribution is -0.138. The Kier molecular flexibility index (Phi) is 5.01. The molecule has 0 aliphatic carbocycles. The minimum Gasteiger partial charge on any atom is -0.496 e. The summed E-state index contributed by atoms with van der Waals surface area (Å²) in [6.45, 7) is 6.45. The zero-order chi connectivity index (χ0) is 14.5. The van der Waals surface area contributed by atoms with Gasteiger partial charge in [-0.05, 0) is 12.5 Å². The molecule has 110 valence electrons. The number of para-hydroxylation sites is 1. The number of nitrogens with zero attached hydrogens (tertiary/aromatic N) is 1. The van der Waals surface area contributed by atoms with Crippen LogP contribution in [0.2, 0.25) is 0 Å². The molecule has 1 aliphatic heterocycles. The first-order chi connectivity index (χ1) is 9.69. The van der Waals surface area contributed by atoms with Gasteiger partial charge in [0, 0.05) is 31.1 Å². The lowest BCUT2D eigenvalue weighted by Crippen LogP contribution is -2.50. The highest BCUT2D eigenvalue weighted by molar-refractivity contribution is 5.79. The van der Waals surface area contributed by atoms with Gasteiger partial charge < -0.3 is 15.0 Å². The van der Waals surface area contributed by atoms with Crippen LogP contribution < -0.4 is 10.1 Å². The molecule has 1 amide bonds. The Morgan fingerprint density at radius 1 is 1.50 bits per heavy atom. The van der Waals surface area contributed by atoms with Crippen LogP contribution in [0.4, 0.5) is 0 Å². The number of amides is 1. The number of hydrogen-bond acceptors (Lipinski definition) is 3. The molecular weight excluding hydrogens is 252 g/mol. The van der Waals surface area contributed by atoms with Crippen molar-refractivity contribution in [3.05, 3.63) is 29.8 Å². The Bertz CT molecular complexity index is 462. The molecule has 1 aromatic rings. The van der Waals surface area contributed by atoms with E-state index in [1.54, 1.807) is 7.11 Å². The lowest BCUT2D eigenvalue weighted by atomic mass is 9.99. The molecular formula is C16H24N2O2. The second kappa shape index (κ2) is 6.75. The number of carbonyl (C=O) groups excluding carboxylic acids is 1. The van der Waals surface area contributed by atoms with Crippen molar-refractivity contribution in [1.82, 2.24) is 10.2 Å². The number of methoxy groups -OCH3 is 1. The largest absolute Gasteiger partial charge is 0.496 e. The summed E-state index contributed by atoms with van der Waals surface area (Å²) in [6, 6.07) is 8.02. The van der Waals surface area contributed by atoms with Gasteiger partial charge in [0.05, 0.1) is 13.2 Å². The van der Waals surface area contributed by atoms with Gasteiger partial charge in [0.1, 0.15) is 5.75 Å². The van der Waals surface area contributed by atoms with Crippen LogP contribution >= 0.6 is 0 Å². The predicted molar refractivity (Wildman–Crippen MR) is 79.8 cm³/mol. The second-order valence-electron chi connectivity index (χ2n) is 5.30. The highest BCUT2D eigenvalue weighted by Crippen LogP contribution is 2.31. The first-order valence-corrected chi connectivity index (χ1v) is 7.33. The van der Waals surface area contributed by atoms with E-state index in [9.17, 15) is 4.79 Å². The summed E-state index contributed by atoms with van der Waals surface area (Å²) in [4.78, 5) is 14.6. The molecule has 0 radical (unpaired) electrons. The van der Waals surface area contributed by atoms with Crippen molar-refractivity contribution in [2.24, 2.45) is 5.92 Å². The normalized spacial score (nSPS) is 20.6. The fourth-order valence-electron chi connectivity index (χ4n) is 2.65. The first kappa shape index (κ1) is 14.9. The zero-order valence-electron chi connectivity index (χ0n) is 12.6. The summed E-state index contributed by atoms with van der Waals surface area (Å²) < 4.78 is 5.45. The first-order valence-electron chi connectivity index (χ1n) is 7.33. The van der Waals surface area contributed by atoms with E-state index >= 15 is 0 Å². The van der Waals surface area contributed by atoms with Crippen LogP contribution in [0.3, 0.4) is 0 Å². The van der Waals surface area contributed by atoms with Crippen LogP contribution in [0.5, 0.6) is 5.75 Å². The molecule has 1 aliphatic rings. The van der Waals surface area contributed by atoms with Crippen molar-refractivity contribution in [3.8, 4) is 5.75 Å². The van der Waals surface area contributed by atoms with Gasteiger partial charge in [0.15, 0.2) is 0 Å². The predicted octanol–water partition coefficient (Wildman–Crippen LogP) is 2.21. The van der Waals surface area contributed by atoms with Gasteiger partial charge in [-0.25, -0.2) is 0 Å². The smallest absolute Gasteiger partial charge is 0.225 e. The monoisotopic (exact) mass is 276 g/mol. The number of nitrogens with one attached hydrogen (secondary N) is 1. The molecule has 1 fully saturated rings. The fourth-order valence-corrected chi connectivity index (χ4v) is 2.65. The van der Waals surface area contributed by atoms with Gasteiger partial charge in [-0.15, -0.1) is 0 Å². The molecule has 1 heterocycles. The number of rotatable bonds is 4. The second-order valence-corrected chi connectivity index (χ2v) is 5.30. The maximum absolute atomic E-state index is 12.6. The molecule has 2 rings (SSSR count). The molecule has 20 heavy (non-hydrogen) atoms. The van der Waals surface area contributed by atoms with Crippen molar-refractivity contribution < 1.29 is 9.53 Å². The SMILES string of the molecule is CCC(C)C(=O)N1CCNCC1c1ccccc1OC. The third-order valence-electron chi connectivity index (χ3n) is 4.06. The minimum absolute atomic E-state index is 0.0569. The molecule has 1 aromatic carbocycles. The van der Waals surface area contributed by atoms with Crippen LogP contribution in [0.25, 0.3) is 0 Å². The van der Waals surface area contributed by atoms with Crippen LogP contribution in [0.15, 0.2) is 24.3 Å². The molecule has 0 aromatic heterocycles. The Morgan fingerprint density at radius 2 is 2.25 bits per heavy atom. The average molecular weight is 276 g/mol. The van der Waals surface area contributed by atoms with Crippen molar-refractivity contribution in [1.29, 1.82) is 0 Å². The summed E-state index contributed by atoms with van der Waals surface area (Å²) >= 11 is 0. The topological polar surface area (TPSA) is 41.6 Å². The van der Waals surface area contributed by atoms with Crippen LogP contribution in [0, 0.1) is 5.92 Å². The van der Waals surface area contributed by atoms with E-state index in [1.807, 2.05) is 36.1 Å². The molecule has 0 spiro atoms. The Hall–Kier alpha value is -1.55. The molecule has 1 N–H and O–H groups in total. The van der Waals surface area contributed by atoms with E-state index in [4.69, 9.17) is 4.74 Å². The molecule has 4 nitrogen and oxygen atoms in total. The lowest BCUT2D eigenvalue weighted by Gasteiger charge is -2.38. The van der Waals surface area contributed by atoms with Gasteiger partial charge in [0.25, 0.3) is 0 Å². The average Bonchev–Trinajstić information content (AvgIpc) is 2.53. The zero-order valence-corrected chi connectivity index (χ0v) is 12.6. The van der Waals surface area contributed by atoms with Gasteiger partial charge in [-0.2, -0.15) is 0 Å². The van der Waals surface area contributed by atoms with Gasteiger partial charge >= 0.3 is 0 Å². The fraction of sp³-hybridized carbons (Fsp3) is 0.562. The Balaban J connectivity index is 2.29. The highest BCUT2D eigenvalue weighted by atomic mass is 16.5. The Morgan fingerprint density at radius 3 is 2.95 bits per heavy atom. The van der Waals surface area contributed by atoms with Crippen LogP contribution in [-0.4, -0.2) is 37.6 Å². The van der Waals surface area contributed by atoms with E-state index in [0.717, 1.165) is 37.4 Å². The number of hydrogen-bond donors (Lipinski definition) is 1. The summed E-state index contributed by atoms with van der Waals surface area (Å²) in [7, 11) is 1.68. The van der Waals surface area contributed by atoms with E-state index in [0.29, 0.717) is 0 Å². The van der Waals surface area contributed by atoms with Gasteiger partial charge in [-0.1, -0.05) is 32.0 Å². The Labute approximate surface area is 121 Å². The number of benzene rings is 1. The maximum Gasteiger partial charge on any atom is 0.225 e. The minimum atomic E-state index is 0.0569. The van der Waals surface area contributed by atoms with E-state index in [1.165, 1.54) is 0 Å². The summed E-state index contributed by atoms with van der Waals surface area (Å²) in [6.07, 6.45) is 0.876. The standard InChI is InChI=1S/C16H24N2O2/c1-4-12(2)16(19)18-10-9-17-11-14(18)13-7-5-6-8-15(13)20-3/h5-8,12,14,17H,4,9-11H2,1-3H3. The summed E-state index contributed by atoms with van der Waals surface area (Å²) in [5.41, 5.74) is 1.08. The molecule has 2 unspecified atom stereocenters. The third-order valence-corrected chi connectivity index (χ3v) is 4.06. The molecule has 1 saturated heterocycles. The number of piperazine rings is 1. The van der Waals surface area contributed by atoms with Crippen molar-refractivity contribution in [3.63, 3.8) is 0 Å². The van der Waals surface area contributed by atoms with Crippen LogP contribution in [-0.2, 0) is 4.79 Å². The third kappa shape index (κ3) is 2.96. The highest BCUT2D eigenvalue weighted by Gasteiger charge is 2.31. The van der Waals surface area contributed by atoms with Crippen molar-refractivity contribution in [2.45, 2.75) is 26.3 Å². The number of carbonyl (C=O) groups is 1. The van der Waals surface area contributed by atoms with Gasteiger partial charge in [-0.3, -0.25) is 4.79 Å². The molecule has 4 heteroatoms. The van der Waals surface area contributed by atoms with E-state index in [-0.39, 0.29) is 17.9 Å². The quantitative estimate of drug-likeness (QED) is 0.917. The van der Waals surface area contributed by atoms with Gasteiger partial charge in [0.2, 0.25) is 5.91 Å².